The van der Waals surface area contributed by atoms with Crippen molar-refractivity contribution < 1.29 is 4.68 Å². The fraction of sp³-hybridized carbons (Fsp3) is 0.571. The van der Waals surface area contributed by atoms with E-state index in [-0.39, 0.29) is 0 Å². The zero-order valence-corrected chi connectivity index (χ0v) is 6.22. The summed E-state index contributed by atoms with van der Waals surface area (Å²) in [6.45, 7) is 6.62. The van der Waals surface area contributed by atoms with E-state index in [4.69, 9.17) is 0 Å². The average molecular weight is 127 g/mol. The number of hydrazone groups is 1. The fourth-order valence-electron chi connectivity index (χ4n) is 0.505. The number of nitrogens with one attached hydrogen (secondary N) is 1. The quantitative estimate of drug-likeness (QED) is 0.194. The molecule has 0 radical (unpaired) electrons. The Morgan fingerprint density at radius 1 is 1.67 bits per heavy atom. The van der Waals surface area contributed by atoms with E-state index >= 15 is 0 Å². The molecule has 0 saturated heterocycles. The summed E-state index contributed by atoms with van der Waals surface area (Å²) in [4.78, 5) is 0. The summed E-state index contributed by atoms with van der Waals surface area (Å²) >= 11 is 0. The molecular weight excluding hydrogens is 112 g/mol. The summed E-state index contributed by atoms with van der Waals surface area (Å²) < 4.78 is 1.71. The minimum atomic E-state index is 0.963. The Labute approximate surface area is 56.9 Å². The van der Waals surface area contributed by atoms with Crippen LogP contribution in [0.5, 0.6) is 0 Å². The number of hydrazine groups is 1. The third-order valence-corrected chi connectivity index (χ3v) is 0.928. The molecule has 2 heteroatoms. The molecule has 2 nitrogen and oxygen atoms in total. The second-order valence-electron chi connectivity index (χ2n) is 1.96. The third kappa shape index (κ3) is 7.21. The van der Waals surface area contributed by atoms with Crippen LogP contribution in [0.1, 0.15) is 13.3 Å². The molecule has 0 spiro atoms. The van der Waals surface area contributed by atoms with Gasteiger partial charge < -0.3 is 0 Å². The average Bonchev–Trinajstić information content (AvgIpc) is 1.80. The van der Waals surface area contributed by atoms with Crippen molar-refractivity contribution in [1.29, 1.82) is 0 Å². The first-order valence-electron chi connectivity index (χ1n) is 3.16. The summed E-state index contributed by atoms with van der Waals surface area (Å²) in [7, 11) is 1.88. The Balaban J connectivity index is 3.01. The van der Waals surface area contributed by atoms with Crippen LogP contribution in [0.3, 0.4) is 0 Å². The Bertz CT molecular complexity index is 105. The highest BCUT2D eigenvalue weighted by Gasteiger charge is 1.83. The molecular formula is C7H15N2+. The topological polar surface area (TPSA) is 15.0 Å². The van der Waals surface area contributed by atoms with Crippen LogP contribution in [0.25, 0.3) is 0 Å². The predicted octanol–water partition coefficient (Wildman–Crippen LogP) is 0.800. The van der Waals surface area contributed by atoms with Gasteiger partial charge in [-0.25, -0.2) is 0 Å². The van der Waals surface area contributed by atoms with E-state index in [2.05, 4.69) is 18.2 Å². The van der Waals surface area contributed by atoms with E-state index in [0.29, 0.717) is 0 Å². The molecule has 0 bridgehead atoms. The van der Waals surface area contributed by atoms with E-state index in [1.54, 1.807) is 4.68 Å². The van der Waals surface area contributed by atoms with Gasteiger partial charge in [0.25, 0.3) is 0 Å². The summed E-state index contributed by atoms with van der Waals surface area (Å²) in [5.74, 6) is 0. The molecule has 0 aromatic rings. The van der Waals surface area contributed by atoms with Crippen molar-refractivity contribution in [2.45, 2.75) is 13.3 Å². The number of allylic oxidation sites excluding steroid dienone is 1. The first-order chi connectivity index (χ1) is 4.27. The van der Waals surface area contributed by atoms with Crippen molar-refractivity contribution in [3.05, 3.63) is 12.2 Å². The molecule has 0 aliphatic rings. The highest BCUT2D eigenvalue weighted by Crippen LogP contribution is 1.77. The Hall–Kier alpha value is -0.790. The molecule has 0 saturated carbocycles. The van der Waals surface area contributed by atoms with Crippen LogP contribution < -0.4 is 5.43 Å². The first kappa shape index (κ1) is 8.21. The fourth-order valence-corrected chi connectivity index (χ4v) is 0.505. The van der Waals surface area contributed by atoms with E-state index in [1.807, 2.05) is 20.0 Å². The smallest absolute Gasteiger partial charge is 0.160 e. The molecule has 0 aliphatic heterocycles. The highest BCUT2D eigenvalue weighted by atomic mass is 15.4. The number of rotatable bonds is 4. The second kappa shape index (κ2) is 5.35. The maximum Gasteiger partial charge on any atom is 0.160 e. The minimum Gasteiger partial charge on any atom is -0.199 e. The maximum absolute atomic E-state index is 3.63. The highest BCUT2D eigenvalue weighted by molar-refractivity contribution is 5.13. The Kier molecular flexibility index (Phi) is 4.88. The Morgan fingerprint density at radius 3 is 2.78 bits per heavy atom. The van der Waals surface area contributed by atoms with Crippen LogP contribution in [0.2, 0.25) is 0 Å². The van der Waals surface area contributed by atoms with Crippen LogP contribution in [-0.4, -0.2) is 25.0 Å². The normalized spacial score (nSPS) is 10.0. The molecule has 0 fully saturated rings. The lowest BCUT2D eigenvalue weighted by Gasteiger charge is -1.94. The van der Waals surface area contributed by atoms with Crippen molar-refractivity contribution in [1.82, 2.24) is 5.43 Å². The maximum atomic E-state index is 3.63. The SMILES string of the molecule is C=[N+](C)NCCC=CC. The largest absolute Gasteiger partial charge is 0.199 e. The van der Waals surface area contributed by atoms with Gasteiger partial charge in [-0.15, -0.1) is 4.68 Å². The van der Waals surface area contributed by atoms with Crippen LogP contribution in [0.15, 0.2) is 12.2 Å². The monoisotopic (exact) mass is 127 g/mol. The standard InChI is InChI=1S/C7H15N2/c1-4-5-6-7-8-9(2)3/h4-5,8H,2,6-7H2,1,3H3/q+1. The predicted molar refractivity (Wildman–Crippen MR) is 40.7 cm³/mol. The summed E-state index contributed by atoms with van der Waals surface area (Å²) in [6.07, 6.45) is 5.23. The van der Waals surface area contributed by atoms with Gasteiger partial charge in [0.2, 0.25) is 0 Å². The van der Waals surface area contributed by atoms with Crippen molar-refractivity contribution in [2.24, 2.45) is 0 Å². The van der Waals surface area contributed by atoms with Crippen LogP contribution in [0.4, 0.5) is 0 Å². The van der Waals surface area contributed by atoms with Gasteiger partial charge in [-0.2, -0.15) is 5.43 Å². The molecule has 0 aliphatic carbocycles. The number of hydrogen-bond donors (Lipinski definition) is 1. The van der Waals surface area contributed by atoms with E-state index < -0.39 is 0 Å². The second-order valence-corrected chi connectivity index (χ2v) is 1.96. The van der Waals surface area contributed by atoms with Gasteiger partial charge in [0, 0.05) is 0 Å². The molecule has 0 aromatic carbocycles. The van der Waals surface area contributed by atoms with Crippen LogP contribution >= 0.6 is 0 Å². The van der Waals surface area contributed by atoms with Crippen LogP contribution in [0, 0.1) is 0 Å². The molecule has 0 unspecified atom stereocenters. The lowest BCUT2D eigenvalue weighted by Crippen LogP contribution is -2.24. The molecule has 1 N–H and O–H groups in total. The van der Waals surface area contributed by atoms with E-state index in [9.17, 15) is 0 Å². The molecule has 0 amide bonds. The lowest BCUT2D eigenvalue weighted by molar-refractivity contribution is -0.551. The zero-order valence-electron chi connectivity index (χ0n) is 6.22. The molecule has 9 heavy (non-hydrogen) atoms. The first-order valence-corrected chi connectivity index (χ1v) is 3.16. The molecule has 0 atom stereocenters. The minimum absolute atomic E-state index is 0.963. The van der Waals surface area contributed by atoms with Crippen molar-refractivity contribution >= 4 is 6.72 Å². The number of hydrogen-bond acceptors (Lipinski definition) is 1. The van der Waals surface area contributed by atoms with Gasteiger partial charge in [-0.1, -0.05) is 12.2 Å². The summed E-state index contributed by atoms with van der Waals surface area (Å²) in [5, 5.41) is 0. The van der Waals surface area contributed by atoms with Gasteiger partial charge in [-0.05, 0) is 13.3 Å². The van der Waals surface area contributed by atoms with Crippen molar-refractivity contribution in [3.63, 3.8) is 0 Å². The van der Waals surface area contributed by atoms with E-state index in [0.717, 1.165) is 13.0 Å². The molecule has 52 valence electrons. The van der Waals surface area contributed by atoms with Gasteiger partial charge >= 0.3 is 0 Å². The van der Waals surface area contributed by atoms with Gasteiger partial charge in [0.1, 0.15) is 0 Å². The van der Waals surface area contributed by atoms with Gasteiger partial charge in [0.15, 0.2) is 13.8 Å². The molecule has 0 aromatic heterocycles. The van der Waals surface area contributed by atoms with Crippen molar-refractivity contribution in [3.8, 4) is 0 Å². The van der Waals surface area contributed by atoms with Crippen molar-refractivity contribution in [2.75, 3.05) is 13.6 Å². The van der Waals surface area contributed by atoms with E-state index in [1.165, 1.54) is 0 Å². The lowest BCUT2D eigenvalue weighted by atomic mass is 10.4. The van der Waals surface area contributed by atoms with Gasteiger partial charge in [-0.3, -0.25) is 0 Å². The summed E-state index contributed by atoms with van der Waals surface area (Å²) in [6, 6.07) is 0. The number of nitrogens with zero attached hydrogens (tertiary/aromatic N) is 1. The van der Waals surface area contributed by atoms with Crippen LogP contribution in [-0.2, 0) is 0 Å². The molecule has 0 heterocycles. The third-order valence-electron chi connectivity index (χ3n) is 0.928. The van der Waals surface area contributed by atoms with Gasteiger partial charge in [0.05, 0.1) is 6.54 Å². The zero-order chi connectivity index (χ0) is 7.11. The summed E-state index contributed by atoms with van der Waals surface area (Å²) in [5.41, 5.74) is 3.05. The molecule has 0 rings (SSSR count). The Morgan fingerprint density at radius 2 is 2.33 bits per heavy atom.